The average molecular weight is 304 g/mol. The number of carbonyl (C=O) groups excluding carboxylic acids is 1. The molecule has 1 amide bonds. The fourth-order valence-electron chi connectivity index (χ4n) is 2.19. The highest BCUT2D eigenvalue weighted by molar-refractivity contribution is 8.12. The SMILES string of the molecule is O=C1CC(c2ccc3c(c2)OCCO3)N1S(=O)(=O)Cl. The molecule has 0 bridgehead atoms. The highest BCUT2D eigenvalue weighted by Gasteiger charge is 2.44. The lowest BCUT2D eigenvalue weighted by Gasteiger charge is -2.37. The van der Waals surface area contributed by atoms with Crippen LogP contribution in [0.3, 0.4) is 0 Å². The van der Waals surface area contributed by atoms with Gasteiger partial charge in [-0.3, -0.25) is 4.79 Å². The molecular weight excluding hydrogens is 294 g/mol. The standard InChI is InChI=1S/C11H10ClNO5S/c12-19(15,16)13-8(6-11(13)14)7-1-2-9-10(5-7)18-4-3-17-9/h1-2,5,8H,3-4,6H2. The summed E-state index contributed by atoms with van der Waals surface area (Å²) in [7, 11) is 1.19. The number of fused-ring (bicyclic) bond motifs is 1. The van der Waals surface area contributed by atoms with E-state index in [2.05, 4.69) is 0 Å². The quantitative estimate of drug-likeness (QED) is 0.606. The Morgan fingerprint density at radius 3 is 2.53 bits per heavy atom. The Kier molecular flexibility index (Phi) is 2.83. The Balaban J connectivity index is 1.93. The molecule has 1 fully saturated rings. The molecule has 0 radical (unpaired) electrons. The minimum absolute atomic E-state index is 0.117. The molecule has 19 heavy (non-hydrogen) atoms. The van der Waals surface area contributed by atoms with Crippen molar-refractivity contribution in [3.63, 3.8) is 0 Å². The minimum atomic E-state index is -4.05. The molecule has 6 nitrogen and oxygen atoms in total. The number of nitrogens with zero attached hydrogens (tertiary/aromatic N) is 1. The first-order valence-electron chi connectivity index (χ1n) is 5.63. The first-order valence-corrected chi connectivity index (χ1v) is 7.90. The van der Waals surface area contributed by atoms with Gasteiger partial charge in [-0.25, -0.2) is 4.31 Å². The van der Waals surface area contributed by atoms with Crippen LogP contribution in [-0.4, -0.2) is 31.8 Å². The molecule has 1 aromatic rings. The lowest BCUT2D eigenvalue weighted by molar-refractivity contribution is -0.137. The molecule has 0 N–H and O–H groups in total. The molecule has 102 valence electrons. The lowest BCUT2D eigenvalue weighted by Crippen LogP contribution is -2.47. The summed E-state index contributed by atoms with van der Waals surface area (Å²) in [5.41, 5.74) is 0.660. The molecular formula is C11H10ClNO5S. The number of β-lactam (4-membered cyclic amide) rings is 1. The van der Waals surface area contributed by atoms with Crippen LogP contribution < -0.4 is 9.47 Å². The summed E-state index contributed by atoms with van der Waals surface area (Å²) in [6.45, 7) is 0.925. The predicted octanol–water partition coefficient (Wildman–Crippen LogP) is 1.21. The first-order chi connectivity index (χ1) is 8.97. The van der Waals surface area contributed by atoms with Crippen LogP contribution in [0.4, 0.5) is 0 Å². The van der Waals surface area contributed by atoms with Crippen molar-refractivity contribution < 1.29 is 22.7 Å². The normalized spacial score (nSPS) is 22.1. The molecule has 0 saturated carbocycles. The van der Waals surface area contributed by atoms with Crippen molar-refractivity contribution in [1.29, 1.82) is 0 Å². The summed E-state index contributed by atoms with van der Waals surface area (Å²) in [4.78, 5) is 11.4. The largest absolute Gasteiger partial charge is 0.486 e. The highest BCUT2D eigenvalue weighted by atomic mass is 35.7. The van der Waals surface area contributed by atoms with Crippen LogP contribution >= 0.6 is 10.7 Å². The van der Waals surface area contributed by atoms with Gasteiger partial charge in [-0.05, 0) is 17.7 Å². The second kappa shape index (κ2) is 4.28. The van der Waals surface area contributed by atoms with E-state index in [0.717, 1.165) is 0 Å². The molecule has 0 aromatic heterocycles. The van der Waals surface area contributed by atoms with Crippen molar-refractivity contribution in [2.75, 3.05) is 13.2 Å². The molecule has 1 saturated heterocycles. The van der Waals surface area contributed by atoms with E-state index in [4.69, 9.17) is 20.2 Å². The second-order valence-corrected chi connectivity index (χ2v) is 6.64. The van der Waals surface area contributed by atoms with Crippen LogP contribution in [0, 0.1) is 0 Å². The number of benzene rings is 1. The highest BCUT2D eigenvalue weighted by Crippen LogP contribution is 2.41. The Morgan fingerprint density at radius 2 is 1.89 bits per heavy atom. The summed E-state index contributed by atoms with van der Waals surface area (Å²) in [5, 5.41) is 0. The van der Waals surface area contributed by atoms with Gasteiger partial charge >= 0.3 is 9.24 Å². The fourth-order valence-corrected chi connectivity index (χ4v) is 3.53. The third kappa shape index (κ3) is 2.12. The van der Waals surface area contributed by atoms with Crippen LogP contribution in [0.15, 0.2) is 18.2 Å². The number of hydrogen-bond acceptors (Lipinski definition) is 5. The van der Waals surface area contributed by atoms with Gasteiger partial charge in [-0.1, -0.05) is 6.07 Å². The third-order valence-corrected chi connectivity index (χ3v) is 4.46. The van der Waals surface area contributed by atoms with Gasteiger partial charge < -0.3 is 9.47 Å². The number of carbonyl (C=O) groups is 1. The molecule has 2 heterocycles. The Labute approximate surface area is 114 Å². The molecule has 3 rings (SSSR count). The summed E-state index contributed by atoms with van der Waals surface area (Å²) in [6, 6.07) is 4.53. The molecule has 2 aliphatic rings. The van der Waals surface area contributed by atoms with E-state index in [1.807, 2.05) is 0 Å². The Hall–Kier alpha value is -1.47. The topological polar surface area (TPSA) is 72.9 Å². The second-order valence-electron chi connectivity index (χ2n) is 4.25. The van der Waals surface area contributed by atoms with E-state index in [1.54, 1.807) is 18.2 Å². The van der Waals surface area contributed by atoms with Crippen molar-refractivity contribution in [1.82, 2.24) is 4.31 Å². The van der Waals surface area contributed by atoms with Crippen LogP contribution in [0.5, 0.6) is 11.5 Å². The van der Waals surface area contributed by atoms with E-state index in [-0.39, 0.29) is 6.42 Å². The van der Waals surface area contributed by atoms with Crippen molar-refractivity contribution in [2.45, 2.75) is 12.5 Å². The number of ether oxygens (including phenoxy) is 2. The van der Waals surface area contributed by atoms with Crippen molar-refractivity contribution in [2.24, 2.45) is 0 Å². The number of hydrogen-bond donors (Lipinski definition) is 0. The van der Waals surface area contributed by atoms with Crippen molar-refractivity contribution >= 4 is 25.8 Å². The van der Waals surface area contributed by atoms with Crippen LogP contribution in [0.1, 0.15) is 18.0 Å². The van der Waals surface area contributed by atoms with Gasteiger partial charge in [0.15, 0.2) is 11.5 Å². The average Bonchev–Trinajstić information content (AvgIpc) is 2.33. The number of rotatable bonds is 2. The Morgan fingerprint density at radius 1 is 1.21 bits per heavy atom. The fraction of sp³-hybridized carbons (Fsp3) is 0.364. The van der Waals surface area contributed by atoms with E-state index < -0.39 is 21.2 Å². The van der Waals surface area contributed by atoms with E-state index in [0.29, 0.717) is 34.6 Å². The molecule has 1 aromatic carbocycles. The molecule has 2 aliphatic heterocycles. The van der Waals surface area contributed by atoms with E-state index in [9.17, 15) is 13.2 Å². The van der Waals surface area contributed by atoms with E-state index in [1.165, 1.54) is 0 Å². The van der Waals surface area contributed by atoms with Gasteiger partial charge in [-0.2, -0.15) is 8.42 Å². The van der Waals surface area contributed by atoms with Crippen molar-refractivity contribution in [3.05, 3.63) is 23.8 Å². The summed E-state index contributed by atoms with van der Waals surface area (Å²) in [5.74, 6) is 0.658. The van der Waals surface area contributed by atoms with Gasteiger partial charge in [0.2, 0.25) is 5.91 Å². The van der Waals surface area contributed by atoms with Crippen LogP contribution in [0.2, 0.25) is 0 Å². The molecule has 1 atom stereocenters. The zero-order chi connectivity index (χ0) is 13.6. The lowest BCUT2D eigenvalue weighted by atomic mass is 9.97. The van der Waals surface area contributed by atoms with Gasteiger partial charge in [0.05, 0.1) is 12.5 Å². The third-order valence-electron chi connectivity index (χ3n) is 3.08. The zero-order valence-electron chi connectivity index (χ0n) is 9.71. The van der Waals surface area contributed by atoms with Gasteiger partial charge in [-0.15, -0.1) is 0 Å². The summed E-state index contributed by atoms with van der Waals surface area (Å²) < 4.78 is 34.1. The maximum atomic E-state index is 11.4. The first kappa shape index (κ1) is 12.6. The minimum Gasteiger partial charge on any atom is -0.486 e. The molecule has 0 aliphatic carbocycles. The predicted molar refractivity (Wildman–Crippen MR) is 66.4 cm³/mol. The Bertz CT molecular complexity index is 644. The van der Waals surface area contributed by atoms with Gasteiger partial charge in [0.1, 0.15) is 13.2 Å². The monoisotopic (exact) mass is 303 g/mol. The van der Waals surface area contributed by atoms with E-state index >= 15 is 0 Å². The maximum absolute atomic E-state index is 11.4. The number of halogens is 1. The number of amides is 1. The molecule has 8 heteroatoms. The molecule has 1 unspecified atom stereocenters. The molecule has 0 spiro atoms. The zero-order valence-corrected chi connectivity index (χ0v) is 11.3. The van der Waals surface area contributed by atoms with Crippen LogP contribution in [-0.2, 0) is 14.0 Å². The van der Waals surface area contributed by atoms with Gasteiger partial charge in [0, 0.05) is 10.7 Å². The van der Waals surface area contributed by atoms with Gasteiger partial charge in [0.25, 0.3) is 0 Å². The maximum Gasteiger partial charge on any atom is 0.324 e. The van der Waals surface area contributed by atoms with Crippen LogP contribution in [0.25, 0.3) is 0 Å². The summed E-state index contributed by atoms with van der Waals surface area (Å²) >= 11 is 0. The van der Waals surface area contributed by atoms with Crippen molar-refractivity contribution in [3.8, 4) is 11.5 Å². The smallest absolute Gasteiger partial charge is 0.324 e. The summed E-state index contributed by atoms with van der Waals surface area (Å²) in [6.07, 6.45) is 0.117.